The van der Waals surface area contributed by atoms with Gasteiger partial charge in [-0.05, 0) is 22.4 Å². The zero-order valence-corrected chi connectivity index (χ0v) is 18.5. The van der Waals surface area contributed by atoms with Crippen LogP contribution in [0, 0.1) is 0 Å². The molecule has 2 N–H and O–H groups in total. The Bertz CT molecular complexity index is 1130. The van der Waals surface area contributed by atoms with E-state index >= 15 is 0 Å². The molecular weight excluding hydrogens is 453 g/mol. The molecule has 0 bridgehead atoms. The summed E-state index contributed by atoms with van der Waals surface area (Å²) in [5.41, 5.74) is 2.50. The fraction of sp³-hybridized carbons (Fsp3) is 0.348. The predicted molar refractivity (Wildman–Crippen MR) is 118 cm³/mol. The molecule has 34 heavy (non-hydrogen) atoms. The minimum atomic E-state index is -5.08. The molecule has 0 fully saturated rings. The van der Waals surface area contributed by atoms with Gasteiger partial charge in [0, 0.05) is 39.5 Å². The van der Waals surface area contributed by atoms with Crippen molar-refractivity contribution in [1.29, 1.82) is 0 Å². The van der Waals surface area contributed by atoms with E-state index in [1.165, 1.54) is 29.1 Å². The lowest BCUT2D eigenvalue weighted by molar-refractivity contribution is -0.192. The maximum absolute atomic E-state index is 11.8. The minimum absolute atomic E-state index is 0.0817. The van der Waals surface area contributed by atoms with Crippen LogP contribution >= 0.6 is 0 Å². The summed E-state index contributed by atoms with van der Waals surface area (Å²) in [7, 11) is 1.53. The second-order valence-electron chi connectivity index (χ2n) is 7.77. The van der Waals surface area contributed by atoms with Gasteiger partial charge in [-0.25, -0.2) is 4.79 Å². The fourth-order valence-corrected chi connectivity index (χ4v) is 3.82. The van der Waals surface area contributed by atoms with Gasteiger partial charge >= 0.3 is 12.1 Å². The number of carboxylic acid groups (broad SMARTS) is 1. The average molecular weight is 478 g/mol. The van der Waals surface area contributed by atoms with Gasteiger partial charge in [-0.15, -0.1) is 0 Å². The normalized spacial score (nSPS) is 15.8. The van der Waals surface area contributed by atoms with Crippen molar-refractivity contribution in [2.45, 2.75) is 25.3 Å². The Morgan fingerprint density at radius 1 is 1.18 bits per heavy atom. The van der Waals surface area contributed by atoms with E-state index in [0.29, 0.717) is 6.54 Å². The van der Waals surface area contributed by atoms with Crippen molar-refractivity contribution in [2.75, 3.05) is 26.8 Å². The fourth-order valence-electron chi connectivity index (χ4n) is 3.82. The van der Waals surface area contributed by atoms with E-state index in [9.17, 15) is 18.0 Å². The van der Waals surface area contributed by atoms with Crippen LogP contribution in [0.15, 0.2) is 54.7 Å². The maximum Gasteiger partial charge on any atom is 0.490 e. The third-order valence-corrected chi connectivity index (χ3v) is 5.28. The van der Waals surface area contributed by atoms with Gasteiger partial charge in [0.15, 0.2) is 0 Å². The summed E-state index contributed by atoms with van der Waals surface area (Å²) in [5.74, 6) is -2.86. The van der Waals surface area contributed by atoms with Gasteiger partial charge in [0.05, 0.1) is 11.7 Å². The number of rotatable bonds is 6. The highest BCUT2D eigenvalue weighted by molar-refractivity contribution is 5.85. The molecule has 0 saturated heterocycles. The van der Waals surface area contributed by atoms with Crippen LogP contribution < -0.4 is 5.32 Å². The Morgan fingerprint density at radius 2 is 1.88 bits per heavy atom. The maximum atomic E-state index is 11.8. The first kappa shape index (κ1) is 25.2. The molecule has 2 aromatic carbocycles. The first-order valence-electron chi connectivity index (χ1n) is 10.5. The summed E-state index contributed by atoms with van der Waals surface area (Å²) >= 11 is 0. The molecular formula is C23H25F3N4O4. The van der Waals surface area contributed by atoms with E-state index < -0.39 is 12.1 Å². The van der Waals surface area contributed by atoms with Crippen LogP contribution in [-0.4, -0.2) is 64.6 Å². The van der Waals surface area contributed by atoms with Crippen molar-refractivity contribution in [3.05, 3.63) is 66.0 Å². The first-order chi connectivity index (χ1) is 16.2. The number of nitrogens with zero attached hydrogens (tertiary/aromatic N) is 3. The van der Waals surface area contributed by atoms with Crippen LogP contribution in [-0.2, 0) is 27.4 Å². The summed E-state index contributed by atoms with van der Waals surface area (Å²) in [6, 6.07) is 17.1. The number of halogens is 3. The second kappa shape index (κ2) is 11.1. The van der Waals surface area contributed by atoms with E-state index in [4.69, 9.17) is 14.6 Å². The summed E-state index contributed by atoms with van der Waals surface area (Å²) in [5, 5.41) is 17.1. The molecule has 1 aromatic heterocycles. The number of ether oxygens (including phenoxy) is 1. The molecule has 1 unspecified atom stereocenters. The van der Waals surface area contributed by atoms with Crippen molar-refractivity contribution in [3.8, 4) is 0 Å². The number of aromatic nitrogens is 2. The standard InChI is InChI=1S/C21H24N4O2.C2HF3O2/c1-27-15-21(26)22-11-19-14-24(13-18-9-10-23-25(18)19)12-17-7-4-6-16-5-2-3-8-20(16)17;3-2(4,5)1(6)7/h2-10,19H,11-15H2,1H3,(H,22,26);(H,6,7). The number of alkyl halides is 3. The molecule has 1 aliphatic rings. The Hall–Kier alpha value is -3.44. The lowest BCUT2D eigenvalue weighted by atomic mass is 10.0. The number of nitrogens with one attached hydrogen (secondary N) is 1. The van der Waals surface area contributed by atoms with Crippen LogP contribution in [0.25, 0.3) is 10.8 Å². The molecule has 4 rings (SSSR count). The van der Waals surface area contributed by atoms with E-state index in [-0.39, 0.29) is 18.6 Å². The highest BCUT2D eigenvalue weighted by atomic mass is 19.4. The quantitative estimate of drug-likeness (QED) is 0.566. The van der Waals surface area contributed by atoms with Gasteiger partial charge in [0.1, 0.15) is 6.61 Å². The molecule has 3 aromatic rings. The summed E-state index contributed by atoms with van der Waals surface area (Å²) < 4.78 is 38.7. The topological polar surface area (TPSA) is 96.7 Å². The number of carbonyl (C=O) groups excluding carboxylic acids is 1. The number of fused-ring (bicyclic) bond motifs is 2. The molecule has 8 nitrogen and oxygen atoms in total. The van der Waals surface area contributed by atoms with Gasteiger partial charge in [-0.3, -0.25) is 14.4 Å². The largest absolute Gasteiger partial charge is 0.490 e. The molecule has 182 valence electrons. The minimum Gasteiger partial charge on any atom is -0.475 e. The van der Waals surface area contributed by atoms with Crippen LogP contribution in [0.1, 0.15) is 17.3 Å². The van der Waals surface area contributed by atoms with Crippen LogP contribution in [0.3, 0.4) is 0 Å². The molecule has 0 spiro atoms. The Morgan fingerprint density at radius 3 is 2.59 bits per heavy atom. The van der Waals surface area contributed by atoms with Crippen molar-refractivity contribution >= 4 is 22.6 Å². The number of carbonyl (C=O) groups is 2. The summed E-state index contributed by atoms with van der Waals surface area (Å²) in [6.45, 7) is 3.19. The molecule has 11 heteroatoms. The second-order valence-corrected chi connectivity index (χ2v) is 7.77. The monoisotopic (exact) mass is 478 g/mol. The molecule has 2 heterocycles. The number of amides is 1. The molecule has 1 atom stereocenters. The summed E-state index contributed by atoms with van der Waals surface area (Å²) in [4.78, 5) is 23.1. The highest BCUT2D eigenvalue weighted by Gasteiger charge is 2.38. The molecule has 0 radical (unpaired) electrons. The van der Waals surface area contributed by atoms with Gasteiger partial charge in [0.2, 0.25) is 5.91 Å². The lowest BCUT2D eigenvalue weighted by Gasteiger charge is -2.34. The SMILES string of the molecule is COCC(=O)NCC1CN(Cc2cccc3ccccc23)Cc2ccnn21.O=C(O)C(F)(F)F. The summed E-state index contributed by atoms with van der Waals surface area (Å²) in [6.07, 6.45) is -3.25. The van der Waals surface area contributed by atoms with Crippen LogP contribution in [0.2, 0.25) is 0 Å². The van der Waals surface area contributed by atoms with E-state index in [2.05, 4.69) is 63.8 Å². The van der Waals surface area contributed by atoms with Crippen molar-refractivity contribution in [1.82, 2.24) is 20.0 Å². The highest BCUT2D eigenvalue weighted by Crippen LogP contribution is 2.25. The van der Waals surface area contributed by atoms with Crippen molar-refractivity contribution in [2.24, 2.45) is 0 Å². The third-order valence-electron chi connectivity index (χ3n) is 5.28. The Kier molecular flexibility index (Phi) is 8.24. The number of benzene rings is 2. The van der Waals surface area contributed by atoms with E-state index in [0.717, 1.165) is 19.6 Å². The zero-order chi connectivity index (χ0) is 24.7. The van der Waals surface area contributed by atoms with Crippen LogP contribution in [0.5, 0.6) is 0 Å². The van der Waals surface area contributed by atoms with Crippen LogP contribution in [0.4, 0.5) is 13.2 Å². The van der Waals surface area contributed by atoms with Crippen molar-refractivity contribution in [3.63, 3.8) is 0 Å². The average Bonchev–Trinajstić information content (AvgIpc) is 3.26. The van der Waals surface area contributed by atoms with Gasteiger partial charge in [-0.2, -0.15) is 18.3 Å². The third kappa shape index (κ3) is 6.55. The van der Waals surface area contributed by atoms with E-state index in [1.54, 1.807) is 0 Å². The molecule has 0 saturated carbocycles. The Labute approximate surface area is 193 Å². The number of hydrogen-bond acceptors (Lipinski definition) is 5. The number of carboxylic acids is 1. The predicted octanol–water partition coefficient (Wildman–Crippen LogP) is 2.99. The number of hydrogen-bond donors (Lipinski definition) is 2. The number of aliphatic carboxylic acids is 1. The Balaban J connectivity index is 0.000000406. The molecule has 1 aliphatic heterocycles. The molecule has 1 amide bonds. The van der Waals surface area contributed by atoms with Gasteiger partial charge in [0.25, 0.3) is 0 Å². The molecule has 0 aliphatic carbocycles. The van der Waals surface area contributed by atoms with E-state index in [1.807, 2.05) is 10.9 Å². The smallest absolute Gasteiger partial charge is 0.475 e. The first-order valence-corrected chi connectivity index (χ1v) is 10.5. The van der Waals surface area contributed by atoms with Gasteiger partial charge < -0.3 is 15.2 Å². The van der Waals surface area contributed by atoms with Crippen molar-refractivity contribution < 1.29 is 32.6 Å². The van der Waals surface area contributed by atoms with Gasteiger partial charge in [-0.1, -0.05) is 42.5 Å². The lowest BCUT2D eigenvalue weighted by Crippen LogP contribution is -2.43. The zero-order valence-electron chi connectivity index (χ0n) is 18.5. The number of methoxy groups -OCH3 is 1.